The van der Waals surface area contributed by atoms with Crippen molar-refractivity contribution in [2.24, 2.45) is 0 Å². The quantitative estimate of drug-likeness (QED) is 0.791. The first-order valence-corrected chi connectivity index (χ1v) is 6.27. The number of alkyl halides is 3. The zero-order valence-corrected chi connectivity index (χ0v) is 12.0. The molecule has 1 rings (SSSR count). The molecular weight excluding hydrogens is 347 g/mol. The van der Waals surface area contributed by atoms with Gasteiger partial charge in [-0.05, 0) is 15.9 Å². The first-order valence-electron chi connectivity index (χ1n) is 5.48. The Balaban J connectivity index is 2.82. The molecule has 1 atom stereocenters. The van der Waals surface area contributed by atoms with E-state index in [0.29, 0.717) is 4.68 Å². The third-order valence-corrected chi connectivity index (χ3v) is 2.97. The summed E-state index contributed by atoms with van der Waals surface area (Å²) >= 11 is 2.91. The summed E-state index contributed by atoms with van der Waals surface area (Å²) in [6, 6.07) is 0. The topological polar surface area (TPSA) is 76.4 Å². The standard InChI is InChI=1S/C10H13BrF3N3O3/c1-20-4-6(18)2-15-7-3-16-17(5-10(12,13)14)9(19)8(7)11/h3,6,15,18H,2,4-5H2,1H3. The average Bonchev–Trinajstić information content (AvgIpc) is 2.33. The number of rotatable bonds is 6. The van der Waals surface area contributed by atoms with E-state index < -0.39 is 24.4 Å². The highest BCUT2D eigenvalue weighted by molar-refractivity contribution is 9.10. The van der Waals surface area contributed by atoms with Gasteiger partial charge in [0.05, 0.1) is 24.6 Å². The van der Waals surface area contributed by atoms with Crippen LogP contribution in [0.5, 0.6) is 0 Å². The molecule has 1 unspecified atom stereocenters. The van der Waals surface area contributed by atoms with Crippen LogP contribution in [0.4, 0.5) is 18.9 Å². The Bertz CT molecular complexity index is 507. The van der Waals surface area contributed by atoms with Crippen LogP contribution >= 0.6 is 15.9 Å². The molecule has 0 radical (unpaired) electrons. The summed E-state index contributed by atoms with van der Waals surface area (Å²) < 4.78 is 41.6. The van der Waals surface area contributed by atoms with Gasteiger partial charge in [-0.15, -0.1) is 0 Å². The summed E-state index contributed by atoms with van der Waals surface area (Å²) in [5.74, 6) is 0. The highest BCUT2D eigenvalue weighted by Gasteiger charge is 2.29. The number of nitrogens with one attached hydrogen (secondary N) is 1. The van der Waals surface area contributed by atoms with E-state index in [9.17, 15) is 23.1 Å². The van der Waals surface area contributed by atoms with Crippen molar-refractivity contribution in [3.05, 3.63) is 21.0 Å². The monoisotopic (exact) mass is 359 g/mol. The number of halogens is 4. The molecule has 0 fully saturated rings. The van der Waals surface area contributed by atoms with Crippen molar-refractivity contribution in [1.29, 1.82) is 0 Å². The number of nitrogens with zero attached hydrogens (tertiary/aromatic N) is 2. The van der Waals surface area contributed by atoms with E-state index in [-0.39, 0.29) is 23.3 Å². The van der Waals surface area contributed by atoms with Crippen LogP contribution in [0.25, 0.3) is 0 Å². The van der Waals surface area contributed by atoms with Gasteiger partial charge in [-0.25, -0.2) is 4.68 Å². The fourth-order valence-electron chi connectivity index (χ4n) is 1.35. The average molecular weight is 360 g/mol. The van der Waals surface area contributed by atoms with Gasteiger partial charge in [-0.1, -0.05) is 0 Å². The molecule has 0 aliphatic heterocycles. The van der Waals surface area contributed by atoms with Gasteiger partial charge in [-0.3, -0.25) is 4.79 Å². The van der Waals surface area contributed by atoms with Crippen molar-refractivity contribution >= 4 is 21.6 Å². The Morgan fingerprint density at radius 3 is 2.80 bits per heavy atom. The Morgan fingerprint density at radius 2 is 2.25 bits per heavy atom. The molecule has 0 bridgehead atoms. The molecule has 0 spiro atoms. The molecule has 0 amide bonds. The van der Waals surface area contributed by atoms with Crippen LogP contribution in [0.3, 0.4) is 0 Å². The molecule has 6 nitrogen and oxygen atoms in total. The lowest BCUT2D eigenvalue weighted by molar-refractivity contribution is -0.143. The molecule has 0 saturated heterocycles. The number of hydrogen-bond donors (Lipinski definition) is 2. The van der Waals surface area contributed by atoms with Crippen LogP contribution in [0.15, 0.2) is 15.5 Å². The van der Waals surface area contributed by atoms with E-state index >= 15 is 0 Å². The maximum atomic E-state index is 12.2. The Labute approximate surface area is 120 Å². The fourth-order valence-corrected chi connectivity index (χ4v) is 1.80. The molecular formula is C10H13BrF3N3O3. The van der Waals surface area contributed by atoms with Crippen LogP contribution < -0.4 is 10.9 Å². The van der Waals surface area contributed by atoms with Gasteiger partial charge in [0.25, 0.3) is 5.56 Å². The third-order valence-electron chi connectivity index (χ3n) is 2.20. The molecule has 114 valence electrons. The lowest BCUT2D eigenvalue weighted by Gasteiger charge is -2.14. The molecule has 0 aromatic carbocycles. The minimum Gasteiger partial charge on any atom is -0.389 e. The zero-order valence-electron chi connectivity index (χ0n) is 10.4. The highest BCUT2D eigenvalue weighted by atomic mass is 79.9. The van der Waals surface area contributed by atoms with Crippen molar-refractivity contribution in [2.45, 2.75) is 18.8 Å². The van der Waals surface area contributed by atoms with Gasteiger partial charge in [0.2, 0.25) is 0 Å². The van der Waals surface area contributed by atoms with Crippen molar-refractivity contribution in [3.63, 3.8) is 0 Å². The van der Waals surface area contributed by atoms with E-state index in [0.717, 1.165) is 6.20 Å². The van der Waals surface area contributed by atoms with E-state index in [4.69, 9.17) is 4.74 Å². The van der Waals surface area contributed by atoms with Crippen molar-refractivity contribution < 1.29 is 23.0 Å². The van der Waals surface area contributed by atoms with Gasteiger partial charge in [0.1, 0.15) is 11.0 Å². The predicted octanol–water partition coefficient (Wildman–Crippen LogP) is 0.987. The molecule has 0 saturated carbocycles. The Morgan fingerprint density at radius 1 is 1.60 bits per heavy atom. The summed E-state index contributed by atoms with van der Waals surface area (Å²) in [5.41, 5.74) is -0.711. The lowest BCUT2D eigenvalue weighted by Crippen LogP contribution is -2.31. The van der Waals surface area contributed by atoms with Gasteiger partial charge < -0.3 is 15.2 Å². The van der Waals surface area contributed by atoms with Gasteiger partial charge in [0, 0.05) is 13.7 Å². The summed E-state index contributed by atoms with van der Waals surface area (Å²) in [7, 11) is 1.42. The lowest BCUT2D eigenvalue weighted by atomic mass is 10.3. The number of ether oxygens (including phenoxy) is 1. The maximum Gasteiger partial charge on any atom is 0.408 e. The number of aliphatic hydroxyl groups excluding tert-OH is 1. The van der Waals surface area contributed by atoms with Crippen LogP contribution in [0.1, 0.15) is 0 Å². The molecule has 1 aromatic rings. The minimum absolute atomic E-state index is 0.0663. The van der Waals surface area contributed by atoms with Crippen molar-refractivity contribution in [3.8, 4) is 0 Å². The molecule has 0 aliphatic rings. The number of aromatic nitrogens is 2. The van der Waals surface area contributed by atoms with Crippen LogP contribution in [-0.4, -0.2) is 47.4 Å². The second-order valence-corrected chi connectivity index (χ2v) is 4.73. The summed E-state index contributed by atoms with van der Waals surface area (Å²) in [6.07, 6.45) is -4.26. The summed E-state index contributed by atoms with van der Waals surface area (Å²) in [4.78, 5) is 11.7. The van der Waals surface area contributed by atoms with Crippen molar-refractivity contribution in [1.82, 2.24) is 9.78 Å². The first kappa shape index (κ1) is 16.9. The molecule has 10 heteroatoms. The van der Waals surface area contributed by atoms with Gasteiger partial charge in [0.15, 0.2) is 0 Å². The predicted molar refractivity (Wildman–Crippen MR) is 68.6 cm³/mol. The molecule has 2 N–H and O–H groups in total. The smallest absolute Gasteiger partial charge is 0.389 e. The molecule has 20 heavy (non-hydrogen) atoms. The first-order chi connectivity index (χ1) is 9.24. The fraction of sp³-hybridized carbons (Fsp3) is 0.600. The Hall–Kier alpha value is -1.13. The maximum absolute atomic E-state index is 12.2. The van der Waals surface area contributed by atoms with E-state index in [1.165, 1.54) is 7.11 Å². The largest absolute Gasteiger partial charge is 0.408 e. The molecule has 0 aliphatic carbocycles. The van der Waals surface area contributed by atoms with E-state index in [1.54, 1.807) is 0 Å². The van der Waals surface area contributed by atoms with Crippen molar-refractivity contribution in [2.75, 3.05) is 25.6 Å². The second kappa shape index (κ2) is 7.04. The number of anilines is 1. The van der Waals surface area contributed by atoms with Gasteiger partial charge in [-0.2, -0.15) is 18.3 Å². The van der Waals surface area contributed by atoms with E-state index in [2.05, 4.69) is 26.3 Å². The number of hydrogen-bond acceptors (Lipinski definition) is 5. The molecule has 1 heterocycles. The summed E-state index contributed by atoms with van der Waals surface area (Å²) in [5, 5.41) is 15.5. The van der Waals surface area contributed by atoms with Crippen LogP contribution in [-0.2, 0) is 11.3 Å². The normalized spacial score (nSPS) is 13.3. The SMILES string of the molecule is COCC(O)CNc1cnn(CC(F)(F)F)c(=O)c1Br. The molecule has 1 aromatic heterocycles. The zero-order chi connectivity index (χ0) is 15.3. The van der Waals surface area contributed by atoms with Crippen LogP contribution in [0.2, 0.25) is 0 Å². The minimum atomic E-state index is -4.53. The highest BCUT2D eigenvalue weighted by Crippen LogP contribution is 2.19. The van der Waals surface area contributed by atoms with Crippen LogP contribution in [0, 0.1) is 0 Å². The van der Waals surface area contributed by atoms with Gasteiger partial charge >= 0.3 is 6.18 Å². The Kier molecular flexibility index (Phi) is 5.96. The second-order valence-electron chi connectivity index (χ2n) is 3.94. The summed E-state index contributed by atoms with van der Waals surface area (Å²) in [6.45, 7) is -1.31. The number of methoxy groups -OCH3 is 1. The third kappa shape index (κ3) is 5.10. The number of aliphatic hydroxyl groups is 1. The van der Waals surface area contributed by atoms with E-state index in [1.807, 2.05) is 0 Å².